The fourth-order valence-corrected chi connectivity index (χ4v) is 4.44. The van der Waals surface area contributed by atoms with Crippen LogP contribution in [0.2, 0.25) is 18.1 Å². The van der Waals surface area contributed by atoms with E-state index in [4.69, 9.17) is 13.6 Å². The molecule has 0 N–H and O–H groups in total. The van der Waals surface area contributed by atoms with Crippen molar-refractivity contribution in [3.05, 3.63) is 71.4 Å². The first-order valence-corrected chi connectivity index (χ1v) is 15.9. The lowest BCUT2D eigenvalue weighted by Gasteiger charge is -2.36. The van der Waals surface area contributed by atoms with Crippen LogP contribution < -0.4 is 0 Å². The first-order chi connectivity index (χ1) is 17.6. The molecular weight excluding hydrogens is 496 g/mol. The second-order valence-electron chi connectivity index (χ2n) is 12.1. The first kappa shape index (κ1) is 29.5. The van der Waals surface area contributed by atoms with Gasteiger partial charge in [0, 0.05) is 23.7 Å². The van der Waals surface area contributed by atoms with Gasteiger partial charge in [0.1, 0.15) is 17.3 Å². The molecule has 3 aromatic rings. The van der Waals surface area contributed by atoms with E-state index in [1.54, 1.807) is 39.8 Å². The summed E-state index contributed by atoms with van der Waals surface area (Å²) in [6.45, 7) is 18.4. The highest BCUT2D eigenvalue weighted by molar-refractivity contribution is 6.74. The number of ether oxygens (including phenoxy) is 1. The van der Waals surface area contributed by atoms with E-state index < -0.39 is 25.8 Å². The number of pyridine rings is 1. The number of hydrogen-bond donors (Lipinski definition) is 0. The van der Waals surface area contributed by atoms with Crippen molar-refractivity contribution in [3.63, 3.8) is 0 Å². The van der Waals surface area contributed by atoms with Crippen molar-refractivity contribution in [2.24, 2.45) is 5.92 Å². The molecule has 1 aromatic carbocycles. The summed E-state index contributed by atoms with van der Waals surface area (Å²) < 4.78 is 17.7. The quantitative estimate of drug-likeness (QED) is 0.126. The van der Waals surface area contributed by atoms with E-state index >= 15 is 0 Å². The monoisotopic (exact) mass is 536 g/mol. The summed E-state index contributed by atoms with van der Waals surface area (Å²) in [4.78, 5) is 35.9. The van der Waals surface area contributed by atoms with Gasteiger partial charge in [-0.1, -0.05) is 39.0 Å². The van der Waals surface area contributed by atoms with E-state index in [9.17, 15) is 9.59 Å². The molecule has 0 aliphatic rings. The Kier molecular flexibility index (Phi) is 8.78. The third-order valence-electron chi connectivity index (χ3n) is 6.81. The summed E-state index contributed by atoms with van der Waals surface area (Å²) in [7, 11) is -1.93. The number of benzene rings is 1. The fourth-order valence-electron chi connectivity index (χ4n) is 3.50. The second-order valence-corrected chi connectivity index (χ2v) is 16.9. The number of aromatic nitrogens is 2. The van der Waals surface area contributed by atoms with Crippen molar-refractivity contribution in [3.8, 4) is 11.5 Å². The van der Waals surface area contributed by atoms with Crippen LogP contribution in [0.4, 0.5) is 0 Å². The van der Waals surface area contributed by atoms with Gasteiger partial charge in [0.25, 0.3) is 0 Å². The third-order valence-corrected chi connectivity index (χ3v) is 11.3. The molecule has 204 valence electrons. The predicted octanol–water partition coefficient (Wildman–Crippen LogP) is 6.95. The maximum atomic E-state index is 13.6. The van der Waals surface area contributed by atoms with Gasteiger partial charge in [-0.3, -0.25) is 14.6 Å². The smallest absolute Gasteiger partial charge is 0.317 e. The van der Waals surface area contributed by atoms with Crippen LogP contribution >= 0.6 is 0 Å². The normalized spacial score (nSPS) is 13.3. The molecule has 0 fully saturated rings. The topological polar surface area (TPSA) is 91.5 Å². The van der Waals surface area contributed by atoms with Crippen LogP contribution in [0, 0.1) is 12.8 Å². The number of oxazole rings is 1. The van der Waals surface area contributed by atoms with Gasteiger partial charge in [-0.25, -0.2) is 4.98 Å². The molecule has 1 unspecified atom stereocenters. The van der Waals surface area contributed by atoms with Gasteiger partial charge in [-0.05, 0) is 70.1 Å². The van der Waals surface area contributed by atoms with Crippen LogP contribution in [0.25, 0.3) is 11.5 Å². The second kappa shape index (κ2) is 11.3. The summed E-state index contributed by atoms with van der Waals surface area (Å²) in [5.41, 5.74) is 1.69. The molecule has 0 aliphatic heterocycles. The maximum Gasteiger partial charge on any atom is 0.317 e. The lowest BCUT2D eigenvalue weighted by atomic mass is 9.93. The van der Waals surface area contributed by atoms with Crippen molar-refractivity contribution in [2.45, 2.75) is 85.2 Å². The van der Waals surface area contributed by atoms with Gasteiger partial charge in [0.05, 0.1) is 18.0 Å². The van der Waals surface area contributed by atoms with Gasteiger partial charge >= 0.3 is 5.97 Å². The number of aryl methyl sites for hydroxylation is 1. The Morgan fingerprint density at radius 3 is 2.21 bits per heavy atom. The number of hydrogen-bond acceptors (Lipinski definition) is 7. The molecule has 2 aromatic heterocycles. The molecule has 8 heteroatoms. The zero-order valence-electron chi connectivity index (χ0n) is 24.0. The largest absolute Gasteiger partial charge is 0.459 e. The van der Waals surface area contributed by atoms with Crippen LogP contribution in [0.5, 0.6) is 0 Å². The molecule has 38 heavy (non-hydrogen) atoms. The van der Waals surface area contributed by atoms with Gasteiger partial charge in [-0.15, -0.1) is 0 Å². The van der Waals surface area contributed by atoms with Gasteiger partial charge in [-0.2, -0.15) is 0 Å². The minimum Gasteiger partial charge on any atom is -0.459 e. The van der Waals surface area contributed by atoms with Crippen LogP contribution in [0.3, 0.4) is 0 Å². The van der Waals surface area contributed by atoms with Crippen molar-refractivity contribution in [2.75, 3.05) is 0 Å². The Balaban J connectivity index is 1.83. The number of nitrogens with zero attached hydrogens (tertiary/aromatic N) is 2. The summed E-state index contributed by atoms with van der Waals surface area (Å²) in [6.07, 6.45) is 1.57. The summed E-state index contributed by atoms with van der Waals surface area (Å²) in [5, 5.41) is 0.0865. The molecule has 0 radical (unpaired) electrons. The summed E-state index contributed by atoms with van der Waals surface area (Å²) in [6, 6.07) is 13.0. The van der Waals surface area contributed by atoms with Crippen LogP contribution in [-0.2, 0) is 27.0 Å². The molecule has 3 rings (SSSR count). The lowest BCUT2D eigenvalue weighted by Crippen LogP contribution is -2.40. The molecule has 0 aliphatic carbocycles. The molecule has 0 amide bonds. The predicted molar refractivity (Wildman–Crippen MR) is 150 cm³/mol. The average molecular weight is 537 g/mol. The highest BCUT2D eigenvalue weighted by Crippen LogP contribution is 2.37. The number of carbonyl (C=O) groups is 2. The fraction of sp³-hybridized carbons (Fsp3) is 0.467. The SMILES string of the molecule is Cc1oc(-c2ccccc2)nc1CC(C(=O)OC(C)(C)C)C(=O)c1ccc(CO[Si](C)(C)C(C)(C)C)nc1. The van der Waals surface area contributed by atoms with Crippen LogP contribution in [-0.4, -0.2) is 35.6 Å². The average Bonchev–Trinajstić information content (AvgIpc) is 3.20. The Hall–Kier alpha value is -3.10. The van der Waals surface area contributed by atoms with E-state index in [1.165, 1.54) is 6.20 Å². The van der Waals surface area contributed by atoms with Gasteiger partial charge in [0.2, 0.25) is 5.89 Å². The molecule has 0 bridgehead atoms. The molecule has 2 heterocycles. The van der Waals surface area contributed by atoms with Crippen LogP contribution in [0.15, 0.2) is 53.1 Å². The van der Waals surface area contributed by atoms with Crippen LogP contribution in [0.1, 0.15) is 69.0 Å². The third kappa shape index (κ3) is 7.48. The minimum atomic E-state index is -1.93. The van der Waals surface area contributed by atoms with Gasteiger partial charge in [0.15, 0.2) is 14.1 Å². The molecule has 0 spiro atoms. The van der Waals surface area contributed by atoms with E-state index in [2.05, 4.69) is 43.8 Å². The molecule has 1 atom stereocenters. The maximum absolute atomic E-state index is 13.6. The Morgan fingerprint density at radius 1 is 1.00 bits per heavy atom. The van der Waals surface area contributed by atoms with E-state index in [1.807, 2.05) is 30.3 Å². The zero-order chi connectivity index (χ0) is 28.3. The first-order valence-electron chi connectivity index (χ1n) is 12.9. The number of rotatable bonds is 9. The Bertz CT molecular complexity index is 1250. The summed E-state index contributed by atoms with van der Waals surface area (Å²) in [5.74, 6) is -1.05. The number of Topliss-reactive ketones (excluding diaryl/α,β-unsaturated/α-hetero) is 1. The zero-order valence-corrected chi connectivity index (χ0v) is 25.0. The van der Waals surface area contributed by atoms with Crippen molar-refractivity contribution in [1.82, 2.24) is 9.97 Å². The number of carbonyl (C=O) groups excluding carboxylic acids is 2. The van der Waals surface area contributed by atoms with Crippen molar-refractivity contribution < 1.29 is 23.2 Å². The molecule has 0 saturated carbocycles. The highest BCUT2D eigenvalue weighted by Gasteiger charge is 2.37. The number of esters is 1. The molecule has 0 saturated heterocycles. The number of ketones is 1. The summed E-state index contributed by atoms with van der Waals surface area (Å²) >= 11 is 0. The lowest BCUT2D eigenvalue weighted by molar-refractivity contribution is -0.158. The Labute approximate surface area is 227 Å². The molecular formula is C30H40N2O5Si. The highest BCUT2D eigenvalue weighted by atomic mass is 28.4. The minimum absolute atomic E-state index is 0.0617. The van der Waals surface area contributed by atoms with E-state index in [0.717, 1.165) is 11.3 Å². The van der Waals surface area contributed by atoms with Crippen molar-refractivity contribution >= 4 is 20.1 Å². The van der Waals surface area contributed by atoms with Gasteiger partial charge < -0.3 is 13.6 Å². The van der Waals surface area contributed by atoms with E-state index in [-0.39, 0.29) is 17.2 Å². The van der Waals surface area contributed by atoms with E-state index in [0.29, 0.717) is 29.5 Å². The standard InChI is InChI=1S/C30H40N2O5Si/c1-20-25(32-27(36-20)21-13-11-10-12-14-21)17-24(28(34)37-29(2,3)4)26(33)22-15-16-23(31-18-22)19-35-38(8,9)30(5,6)7/h10-16,18,24H,17,19H2,1-9H3. The Morgan fingerprint density at radius 2 is 1.66 bits per heavy atom. The molecule has 7 nitrogen and oxygen atoms in total. The van der Waals surface area contributed by atoms with Crippen molar-refractivity contribution in [1.29, 1.82) is 0 Å².